The summed E-state index contributed by atoms with van der Waals surface area (Å²) in [6.45, 7) is -0.136. The maximum atomic E-state index is 12.1. The zero-order chi connectivity index (χ0) is 18.8. The molecular formula is C20H17N5O2. The van der Waals surface area contributed by atoms with E-state index in [0.717, 1.165) is 27.0 Å². The molecule has 0 aliphatic heterocycles. The van der Waals surface area contributed by atoms with Crippen LogP contribution in [0.25, 0.3) is 28.0 Å². The Kier molecular flexibility index (Phi) is 4.25. The van der Waals surface area contributed by atoms with Crippen molar-refractivity contribution in [1.29, 1.82) is 0 Å². The SMILES string of the molecule is CNC(=O)Cn1nc(-c2c(-c3ccccc3)nn3ccccc23)ccc1=O. The van der Waals surface area contributed by atoms with E-state index >= 15 is 0 Å². The molecule has 0 spiro atoms. The van der Waals surface area contributed by atoms with E-state index in [9.17, 15) is 9.59 Å². The molecule has 4 aromatic rings. The number of carbonyl (C=O) groups is 1. The fraction of sp³-hybridized carbons (Fsp3) is 0.100. The predicted molar refractivity (Wildman–Crippen MR) is 102 cm³/mol. The number of hydrogen-bond donors (Lipinski definition) is 1. The van der Waals surface area contributed by atoms with Gasteiger partial charge in [-0.2, -0.15) is 10.2 Å². The molecule has 1 amide bonds. The minimum atomic E-state index is -0.333. The average molecular weight is 359 g/mol. The first kappa shape index (κ1) is 16.7. The van der Waals surface area contributed by atoms with Gasteiger partial charge in [0.2, 0.25) is 5.91 Å². The van der Waals surface area contributed by atoms with Crippen molar-refractivity contribution in [2.75, 3.05) is 7.05 Å². The number of fused-ring (bicyclic) bond motifs is 1. The molecule has 0 saturated heterocycles. The van der Waals surface area contributed by atoms with Gasteiger partial charge in [0.1, 0.15) is 12.2 Å². The van der Waals surface area contributed by atoms with E-state index in [1.165, 1.54) is 13.1 Å². The maximum Gasteiger partial charge on any atom is 0.267 e. The van der Waals surface area contributed by atoms with Gasteiger partial charge in [0.05, 0.1) is 16.8 Å². The third-order valence-electron chi connectivity index (χ3n) is 4.28. The van der Waals surface area contributed by atoms with E-state index in [4.69, 9.17) is 5.10 Å². The Morgan fingerprint density at radius 2 is 1.78 bits per heavy atom. The summed E-state index contributed by atoms with van der Waals surface area (Å²) in [6, 6.07) is 18.7. The molecule has 3 aromatic heterocycles. The Morgan fingerprint density at radius 1 is 1.00 bits per heavy atom. The number of hydrogen-bond acceptors (Lipinski definition) is 4. The first-order valence-electron chi connectivity index (χ1n) is 8.49. The van der Waals surface area contributed by atoms with Crippen LogP contribution < -0.4 is 10.9 Å². The van der Waals surface area contributed by atoms with Crippen LogP contribution >= 0.6 is 0 Å². The molecule has 0 bridgehead atoms. The third-order valence-corrected chi connectivity index (χ3v) is 4.28. The maximum absolute atomic E-state index is 12.1. The minimum absolute atomic E-state index is 0.136. The fourth-order valence-corrected chi connectivity index (χ4v) is 2.96. The molecule has 0 aliphatic carbocycles. The van der Waals surface area contributed by atoms with E-state index < -0.39 is 0 Å². The van der Waals surface area contributed by atoms with Gasteiger partial charge in [0, 0.05) is 24.9 Å². The number of amides is 1. The molecule has 0 fully saturated rings. The van der Waals surface area contributed by atoms with Gasteiger partial charge in [0.15, 0.2) is 0 Å². The number of nitrogens with zero attached hydrogens (tertiary/aromatic N) is 4. The number of likely N-dealkylation sites (N-methyl/N-ethyl adjacent to an activating group) is 1. The number of benzene rings is 1. The standard InChI is InChI=1S/C20H17N5O2/c1-21-17(26)13-25-18(27)11-10-15(22-25)19-16-9-5-6-12-24(16)23-20(19)14-7-3-2-4-8-14/h2-12H,13H2,1H3,(H,21,26). The molecule has 134 valence electrons. The Balaban J connectivity index is 1.95. The molecule has 0 aliphatic rings. The van der Waals surface area contributed by atoms with Crippen LogP contribution in [0.2, 0.25) is 0 Å². The zero-order valence-electron chi connectivity index (χ0n) is 14.7. The highest BCUT2D eigenvalue weighted by atomic mass is 16.2. The van der Waals surface area contributed by atoms with E-state index in [-0.39, 0.29) is 18.0 Å². The summed E-state index contributed by atoms with van der Waals surface area (Å²) in [7, 11) is 1.52. The van der Waals surface area contributed by atoms with Crippen LogP contribution in [0.5, 0.6) is 0 Å². The van der Waals surface area contributed by atoms with Gasteiger partial charge in [-0.1, -0.05) is 36.4 Å². The average Bonchev–Trinajstić information content (AvgIpc) is 3.10. The number of aromatic nitrogens is 4. The Hall–Kier alpha value is -3.74. The monoisotopic (exact) mass is 359 g/mol. The summed E-state index contributed by atoms with van der Waals surface area (Å²) in [6.07, 6.45) is 1.87. The molecular weight excluding hydrogens is 342 g/mol. The van der Waals surface area contributed by atoms with Crippen molar-refractivity contribution in [3.63, 3.8) is 0 Å². The van der Waals surface area contributed by atoms with Crippen molar-refractivity contribution in [2.24, 2.45) is 0 Å². The molecule has 7 nitrogen and oxygen atoms in total. The largest absolute Gasteiger partial charge is 0.358 e. The van der Waals surface area contributed by atoms with E-state index in [1.807, 2.05) is 54.7 Å². The molecule has 3 heterocycles. The molecule has 0 unspecified atom stereocenters. The molecule has 0 radical (unpaired) electrons. The molecule has 7 heteroatoms. The zero-order valence-corrected chi connectivity index (χ0v) is 14.7. The van der Waals surface area contributed by atoms with Gasteiger partial charge >= 0.3 is 0 Å². The van der Waals surface area contributed by atoms with Crippen LogP contribution in [-0.4, -0.2) is 32.3 Å². The van der Waals surface area contributed by atoms with Crippen LogP contribution in [-0.2, 0) is 11.3 Å². The van der Waals surface area contributed by atoms with E-state index in [2.05, 4.69) is 10.4 Å². The third kappa shape index (κ3) is 3.10. The van der Waals surface area contributed by atoms with Crippen LogP contribution in [0, 0.1) is 0 Å². The van der Waals surface area contributed by atoms with Crippen LogP contribution in [0.15, 0.2) is 71.7 Å². The topological polar surface area (TPSA) is 81.3 Å². The van der Waals surface area contributed by atoms with Crippen molar-refractivity contribution in [2.45, 2.75) is 6.54 Å². The number of pyridine rings is 1. The van der Waals surface area contributed by atoms with Crippen molar-refractivity contribution in [3.8, 4) is 22.5 Å². The highest BCUT2D eigenvalue weighted by Gasteiger charge is 2.18. The van der Waals surface area contributed by atoms with Gasteiger partial charge in [-0.15, -0.1) is 0 Å². The summed E-state index contributed by atoms with van der Waals surface area (Å²) in [4.78, 5) is 23.8. The lowest BCUT2D eigenvalue weighted by Crippen LogP contribution is -2.31. The first-order chi connectivity index (χ1) is 13.2. The highest BCUT2D eigenvalue weighted by Crippen LogP contribution is 2.33. The molecule has 0 atom stereocenters. The second kappa shape index (κ2) is 6.87. The van der Waals surface area contributed by atoms with Gasteiger partial charge < -0.3 is 5.32 Å². The van der Waals surface area contributed by atoms with Gasteiger partial charge in [-0.05, 0) is 18.2 Å². The summed E-state index contributed by atoms with van der Waals surface area (Å²) < 4.78 is 2.95. The summed E-state index contributed by atoms with van der Waals surface area (Å²) in [5.41, 5.74) is 3.64. The van der Waals surface area contributed by atoms with Gasteiger partial charge in [-0.25, -0.2) is 9.20 Å². The second-order valence-corrected chi connectivity index (χ2v) is 6.01. The summed E-state index contributed by atoms with van der Waals surface area (Å²) in [5, 5.41) is 11.6. The Morgan fingerprint density at radius 3 is 2.56 bits per heavy atom. The van der Waals surface area contributed by atoms with Crippen molar-refractivity contribution in [1.82, 2.24) is 24.7 Å². The highest BCUT2D eigenvalue weighted by molar-refractivity contribution is 5.90. The molecule has 1 N–H and O–H groups in total. The lowest BCUT2D eigenvalue weighted by atomic mass is 10.0. The van der Waals surface area contributed by atoms with Gasteiger partial charge in [0.25, 0.3) is 5.56 Å². The normalized spacial score (nSPS) is 10.9. The molecule has 27 heavy (non-hydrogen) atoms. The van der Waals surface area contributed by atoms with Gasteiger partial charge in [-0.3, -0.25) is 9.59 Å². The second-order valence-electron chi connectivity index (χ2n) is 6.01. The Labute approximate surface area is 154 Å². The van der Waals surface area contributed by atoms with E-state index in [1.54, 1.807) is 10.6 Å². The minimum Gasteiger partial charge on any atom is -0.358 e. The smallest absolute Gasteiger partial charge is 0.267 e. The van der Waals surface area contributed by atoms with E-state index in [0.29, 0.717) is 5.69 Å². The number of nitrogens with one attached hydrogen (secondary N) is 1. The van der Waals surface area contributed by atoms with Crippen molar-refractivity contribution < 1.29 is 4.79 Å². The lowest BCUT2D eigenvalue weighted by molar-refractivity contribution is -0.121. The molecule has 0 saturated carbocycles. The Bertz CT molecular complexity index is 1180. The van der Waals surface area contributed by atoms with Crippen LogP contribution in [0.3, 0.4) is 0 Å². The predicted octanol–water partition coefficient (Wildman–Crippen LogP) is 1.97. The summed E-state index contributed by atoms with van der Waals surface area (Å²) in [5.74, 6) is -0.287. The summed E-state index contributed by atoms with van der Waals surface area (Å²) >= 11 is 0. The molecule has 4 rings (SSSR count). The first-order valence-corrected chi connectivity index (χ1v) is 8.49. The number of rotatable bonds is 4. The lowest BCUT2D eigenvalue weighted by Gasteiger charge is -2.07. The van der Waals surface area contributed by atoms with Crippen LogP contribution in [0.4, 0.5) is 0 Å². The molecule has 1 aromatic carbocycles. The van der Waals surface area contributed by atoms with Crippen LogP contribution in [0.1, 0.15) is 0 Å². The quantitative estimate of drug-likeness (QED) is 0.604. The number of carbonyl (C=O) groups excluding carboxylic acids is 1. The van der Waals surface area contributed by atoms with Crippen molar-refractivity contribution >= 4 is 11.4 Å². The fourth-order valence-electron chi connectivity index (χ4n) is 2.96. The van der Waals surface area contributed by atoms with Crippen molar-refractivity contribution in [3.05, 3.63) is 77.2 Å².